The molecule has 6 nitrogen and oxygen atoms in total. The average Bonchev–Trinajstić information content (AvgIpc) is 1.98. The SMILES string of the molecule is C=C(N=NC(=C)C(=O)O)C(=O)O. The van der Waals surface area contributed by atoms with Crippen molar-refractivity contribution in [3.8, 4) is 0 Å². The Morgan fingerprint density at radius 1 is 0.917 bits per heavy atom. The third-order valence-electron chi connectivity index (χ3n) is 0.785. The Bertz CT molecular complexity index is 251. The Hall–Kier alpha value is -1.98. The highest BCUT2D eigenvalue weighted by molar-refractivity contribution is 5.86. The van der Waals surface area contributed by atoms with E-state index in [0.717, 1.165) is 0 Å². The number of hydrogen-bond donors (Lipinski definition) is 2. The van der Waals surface area contributed by atoms with Crippen LogP contribution in [0.15, 0.2) is 34.8 Å². The van der Waals surface area contributed by atoms with Crippen molar-refractivity contribution in [3.63, 3.8) is 0 Å². The monoisotopic (exact) mass is 170 g/mol. The molecule has 0 saturated carbocycles. The minimum Gasteiger partial charge on any atom is -0.476 e. The number of rotatable bonds is 4. The zero-order chi connectivity index (χ0) is 9.72. The average molecular weight is 170 g/mol. The summed E-state index contributed by atoms with van der Waals surface area (Å²) in [6, 6.07) is 0. The molecule has 64 valence electrons. The first kappa shape index (κ1) is 10.0. The summed E-state index contributed by atoms with van der Waals surface area (Å²) < 4.78 is 0. The van der Waals surface area contributed by atoms with Gasteiger partial charge < -0.3 is 10.2 Å². The van der Waals surface area contributed by atoms with Crippen LogP contribution in [-0.4, -0.2) is 22.2 Å². The molecule has 0 heterocycles. The highest BCUT2D eigenvalue weighted by Crippen LogP contribution is 1.99. The summed E-state index contributed by atoms with van der Waals surface area (Å²) in [7, 11) is 0. The van der Waals surface area contributed by atoms with Crippen LogP contribution in [-0.2, 0) is 9.59 Å². The van der Waals surface area contributed by atoms with Gasteiger partial charge in [0.25, 0.3) is 0 Å². The molecule has 12 heavy (non-hydrogen) atoms. The van der Waals surface area contributed by atoms with Gasteiger partial charge >= 0.3 is 11.9 Å². The molecule has 0 aromatic heterocycles. The molecule has 0 aromatic carbocycles. The van der Waals surface area contributed by atoms with Crippen LogP contribution in [0.25, 0.3) is 0 Å². The summed E-state index contributed by atoms with van der Waals surface area (Å²) in [4.78, 5) is 20.1. The maximum Gasteiger partial charge on any atom is 0.355 e. The van der Waals surface area contributed by atoms with Gasteiger partial charge in [-0.1, -0.05) is 13.2 Å². The number of aliphatic carboxylic acids is 2. The number of nitrogens with zero attached hydrogens (tertiary/aromatic N) is 2. The molecule has 0 aliphatic rings. The zero-order valence-corrected chi connectivity index (χ0v) is 6.02. The van der Waals surface area contributed by atoms with Gasteiger partial charge in [-0.2, -0.15) is 0 Å². The van der Waals surface area contributed by atoms with Crippen molar-refractivity contribution in [2.45, 2.75) is 0 Å². The first-order chi connectivity index (χ1) is 5.45. The molecule has 0 fully saturated rings. The molecule has 0 rings (SSSR count). The van der Waals surface area contributed by atoms with Crippen LogP contribution in [0.3, 0.4) is 0 Å². The van der Waals surface area contributed by atoms with Crippen molar-refractivity contribution in [2.75, 3.05) is 0 Å². The molecule has 0 amide bonds. The second-order valence-electron chi connectivity index (χ2n) is 1.70. The van der Waals surface area contributed by atoms with Crippen LogP contribution in [0.5, 0.6) is 0 Å². The molecule has 6 heteroatoms. The summed E-state index contributed by atoms with van der Waals surface area (Å²) in [5.41, 5.74) is -1.09. The molecule has 0 bridgehead atoms. The van der Waals surface area contributed by atoms with Crippen LogP contribution in [0.4, 0.5) is 0 Å². The van der Waals surface area contributed by atoms with Crippen LogP contribution >= 0.6 is 0 Å². The lowest BCUT2D eigenvalue weighted by molar-refractivity contribution is -0.134. The lowest BCUT2D eigenvalue weighted by Crippen LogP contribution is -1.97. The van der Waals surface area contributed by atoms with Gasteiger partial charge in [0.15, 0.2) is 11.4 Å². The lowest BCUT2D eigenvalue weighted by atomic mass is 10.5. The predicted molar refractivity (Wildman–Crippen MR) is 38.4 cm³/mol. The number of carboxylic acid groups (broad SMARTS) is 2. The van der Waals surface area contributed by atoms with Crippen LogP contribution in [0.1, 0.15) is 0 Å². The second-order valence-corrected chi connectivity index (χ2v) is 1.70. The molecule has 0 spiro atoms. The van der Waals surface area contributed by atoms with Gasteiger partial charge in [0.2, 0.25) is 0 Å². The molecular weight excluding hydrogens is 164 g/mol. The van der Waals surface area contributed by atoms with Gasteiger partial charge in [0.05, 0.1) is 0 Å². The van der Waals surface area contributed by atoms with Crippen LogP contribution in [0, 0.1) is 0 Å². The number of carbonyl (C=O) groups is 2. The first-order valence-corrected chi connectivity index (χ1v) is 2.71. The standard InChI is InChI=1S/C6H6N2O4/c1-3(5(9)10)7-8-4(2)6(11)12/h1-2H2,(H,9,10)(H,11,12). The van der Waals surface area contributed by atoms with E-state index < -0.39 is 23.3 Å². The maximum absolute atomic E-state index is 10.1. The molecule has 0 aromatic rings. The predicted octanol–water partition coefficient (Wildman–Crippen LogP) is 0.635. The summed E-state index contributed by atoms with van der Waals surface area (Å²) >= 11 is 0. The van der Waals surface area contributed by atoms with Crippen molar-refractivity contribution in [2.24, 2.45) is 10.2 Å². The molecule has 0 aliphatic carbocycles. The second kappa shape index (κ2) is 4.02. The van der Waals surface area contributed by atoms with E-state index in [2.05, 4.69) is 23.4 Å². The van der Waals surface area contributed by atoms with Crippen LogP contribution in [0.2, 0.25) is 0 Å². The van der Waals surface area contributed by atoms with E-state index in [4.69, 9.17) is 10.2 Å². The maximum atomic E-state index is 10.1. The first-order valence-electron chi connectivity index (χ1n) is 2.71. The van der Waals surface area contributed by atoms with Crippen molar-refractivity contribution < 1.29 is 19.8 Å². The fraction of sp³-hybridized carbons (Fsp3) is 0. The number of hydrogen-bond acceptors (Lipinski definition) is 4. The van der Waals surface area contributed by atoms with E-state index in [0.29, 0.717) is 0 Å². The quantitative estimate of drug-likeness (QED) is 0.477. The van der Waals surface area contributed by atoms with Crippen molar-refractivity contribution >= 4 is 11.9 Å². The molecule has 0 unspecified atom stereocenters. The highest BCUT2D eigenvalue weighted by Gasteiger charge is 2.04. The molecule has 0 aliphatic heterocycles. The van der Waals surface area contributed by atoms with Crippen molar-refractivity contribution in [3.05, 3.63) is 24.6 Å². The summed E-state index contributed by atoms with van der Waals surface area (Å²) in [6.07, 6.45) is 0. The van der Waals surface area contributed by atoms with Gasteiger partial charge in [-0.25, -0.2) is 9.59 Å². The highest BCUT2D eigenvalue weighted by atomic mass is 16.4. The molecular formula is C6H6N2O4. The Morgan fingerprint density at radius 3 is 1.33 bits per heavy atom. The Balaban J connectivity index is 4.26. The third-order valence-corrected chi connectivity index (χ3v) is 0.785. The van der Waals surface area contributed by atoms with Crippen LogP contribution < -0.4 is 0 Å². The van der Waals surface area contributed by atoms with Crippen molar-refractivity contribution in [1.29, 1.82) is 0 Å². The van der Waals surface area contributed by atoms with E-state index in [-0.39, 0.29) is 0 Å². The normalized spacial score (nSPS) is 9.67. The smallest absolute Gasteiger partial charge is 0.355 e. The van der Waals surface area contributed by atoms with Gasteiger partial charge in [-0.05, 0) is 0 Å². The minimum atomic E-state index is -1.36. The molecule has 0 atom stereocenters. The summed E-state index contributed by atoms with van der Waals surface area (Å²) in [5, 5.41) is 22.4. The topological polar surface area (TPSA) is 99.3 Å². The Morgan fingerprint density at radius 2 is 1.17 bits per heavy atom. The summed E-state index contributed by atoms with van der Waals surface area (Å²) in [6.45, 7) is 5.98. The minimum absolute atomic E-state index is 0.544. The Kier molecular flexibility index (Phi) is 3.35. The molecule has 2 N–H and O–H groups in total. The van der Waals surface area contributed by atoms with Gasteiger partial charge in [-0.15, -0.1) is 10.2 Å². The third kappa shape index (κ3) is 3.25. The number of azo groups is 1. The Labute approximate surface area is 67.5 Å². The van der Waals surface area contributed by atoms with E-state index >= 15 is 0 Å². The van der Waals surface area contributed by atoms with E-state index in [1.807, 2.05) is 0 Å². The lowest BCUT2D eigenvalue weighted by Gasteiger charge is -1.89. The molecule has 0 radical (unpaired) electrons. The molecule has 0 saturated heterocycles. The van der Waals surface area contributed by atoms with Gasteiger partial charge in [0, 0.05) is 0 Å². The summed E-state index contributed by atoms with van der Waals surface area (Å²) in [5.74, 6) is -2.73. The van der Waals surface area contributed by atoms with E-state index in [9.17, 15) is 9.59 Å². The van der Waals surface area contributed by atoms with Gasteiger partial charge in [0.1, 0.15) is 0 Å². The fourth-order valence-electron chi connectivity index (χ4n) is 0.206. The van der Waals surface area contributed by atoms with Crippen molar-refractivity contribution in [1.82, 2.24) is 0 Å². The zero-order valence-electron chi connectivity index (χ0n) is 6.02. The fourth-order valence-corrected chi connectivity index (χ4v) is 0.206. The van der Waals surface area contributed by atoms with E-state index in [1.165, 1.54) is 0 Å². The van der Waals surface area contributed by atoms with Gasteiger partial charge in [-0.3, -0.25) is 0 Å². The number of carboxylic acids is 2. The largest absolute Gasteiger partial charge is 0.476 e. The van der Waals surface area contributed by atoms with E-state index in [1.54, 1.807) is 0 Å².